The first-order valence-electron chi connectivity index (χ1n) is 28.4. The zero-order valence-corrected chi connectivity index (χ0v) is 46.2. The first-order valence-corrected chi connectivity index (χ1v) is 28.4. The molecule has 0 aromatic carbocycles. The fourth-order valence-corrected chi connectivity index (χ4v) is 7.63. The van der Waals surface area contributed by atoms with E-state index in [1.54, 1.807) is 11.9 Å². The largest absolute Gasteiger partial charge is 0.508 e. The van der Waals surface area contributed by atoms with Gasteiger partial charge in [-0.15, -0.1) is 0 Å². The van der Waals surface area contributed by atoms with Crippen molar-refractivity contribution in [3.8, 4) is 0 Å². The Labute approximate surface area is 439 Å². The van der Waals surface area contributed by atoms with Gasteiger partial charge in [0, 0.05) is 63.5 Å². The molecule has 0 aliphatic rings. The molecular weight excluding hydrogens is 943 g/mol. The minimum atomic E-state index is -0.957. The maximum atomic E-state index is 13.0. The normalized spacial score (nSPS) is 11.3. The number of likely N-dealkylation sites (N-methyl/N-ethyl adjacent to an activating group) is 1. The van der Waals surface area contributed by atoms with E-state index in [1.165, 1.54) is 0 Å². The molecule has 0 saturated carbocycles. The summed E-state index contributed by atoms with van der Waals surface area (Å²) in [7, 11) is 1.76. The van der Waals surface area contributed by atoms with Gasteiger partial charge >= 0.3 is 42.0 Å². The molecule has 0 unspecified atom stereocenters. The van der Waals surface area contributed by atoms with Gasteiger partial charge in [-0.2, -0.15) is 0 Å². The summed E-state index contributed by atoms with van der Waals surface area (Å²) in [5.41, 5.74) is 0. The number of ether oxygens (including phenoxy) is 8. The number of hydrogen-bond donors (Lipinski definition) is 1. The highest BCUT2D eigenvalue weighted by Crippen LogP contribution is 2.17. The van der Waals surface area contributed by atoms with E-state index < -0.39 is 24.0 Å². The van der Waals surface area contributed by atoms with E-state index >= 15 is 0 Å². The summed E-state index contributed by atoms with van der Waals surface area (Å²) in [6.45, 7) is 8.76. The Morgan fingerprint density at radius 3 is 0.918 bits per heavy atom. The van der Waals surface area contributed by atoms with E-state index in [-0.39, 0.29) is 108 Å². The van der Waals surface area contributed by atoms with Crippen molar-refractivity contribution in [3.05, 3.63) is 0 Å². The van der Waals surface area contributed by atoms with Crippen LogP contribution < -0.4 is 0 Å². The molecule has 0 aliphatic carbocycles. The first kappa shape index (κ1) is 69.0. The molecule has 73 heavy (non-hydrogen) atoms. The molecule has 0 bridgehead atoms. The molecule has 0 aliphatic heterocycles. The fraction of sp³-hybridized carbons (Fsp3) is 0.875. The molecule has 0 atom stereocenters. The lowest BCUT2D eigenvalue weighted by atomic mass is 10.0. The van der Waals surface area contributed by atoms with Crippen LogP contribution in [0.1, 0.15) is 220 Å². The summed E-state index contributed by atoms with van der Waals surface area (Å²) in [6, 6.07) is 0. The number of carbonyl (C=O) groups is 7. The molecular formula is C56H101NO16. The highest BCUT2D eigenvalue weighted by Gasteiger charge is 2.22. The van der Waals surface area contributed by atoms with Gasteiger partial charge in [-0.1, -0.05) is 130 Å². The predicted molar refractivity (Wildman–Crippen MR) is 279 cm³/mol. The lowest BCUT2D eigenvalue weighted by molar-refractivity contribution is -0.153. The summed E-state index contributed by atoms with van der Waals surface area (Å²) in [5, 5.41) is 9.13. The minimum absolute atomic E-state index is 0.00766. The molecule has 0 spiro atoms. The van der Waals surface area contributed by atoms with E-state index in [0.29, 0.717) is 64.5 Å². The second-order valence-electron chi connectivity index (χ2n) is 19.6. The Morgan fingerprint density at radius 1 is 0.342 bits per heavy atom. The standard InChI is InChI=1S/C56H101NO16/c1-6-10-14-18-22-30-50(59)67-40-47(41-68-51(60)31-23-19-15-11-7-2)28-26-34-54(63)71-44-49(46-73-56(65)66-39-37-57(5)36-38-58)45-72-55(64)35-27-29-48(42-69-52(61)32-24-20-16-12-8-3)43-70-53(62)33-25-21-17-13-9-4/h47-49,58H,6-46H2,1-5H3. The van der Waals surface area contributed by atoms with Crippen LogP contribution in [0, 0.1) is 17.8 Å². The summed E-state index contributed by atoms with van der Waals surface area (Å²) < 4.78 is 43.9. The monoisotopic (exact) mass is 1040 g/mol. The van der Waals surface area contributed by atoms with Crippen LogP contribution in [0.5, 0.6) is 0 Å². The highest BCUT2D eigenvalue weighted by atomic mass is 16.7. The van der Waals surface area contributed by atoms with Crippen molar-refractivity contribution in [2.24, 2.45) is 17.8 Å². The third-order valence-corrected chi connectivity index (χ3v) is 12.4. The summed E-state index contributed by atoms with van der Waals surface area (Å²) in [6.07, 6.45) is 21.9. The molecule has 0 amide bonds. The van der Waals surface area contributed by atoms with Crippen LogP contribution in [0.3, 0.4) is 0 Å². The van der Waals surface area contributed by atoms with Crippen molar-refractivity contribution >= 4 is 42.0 Å². The number of esters is 6. The van der Waals surface area contributed by atoms with Crippen LogP contribution in [-0.2, 0) is 66.7 Å². The van der Waals surface area contributed by atoms with Crippen LogP contribution in [0.15, 0.2) is 0 Å². The zero-order chi connectivity index (χ0) is 54.0. The Balaban J connectivity index is 5.49. The van der Waals surface area contributed by atoms with Crippen molar-refractivity contribution < 1.29 is 76.6 Å². The maximum absolute atomic E-state index is 13.0. The van der Waals surface area contributed by atoms with Crippen LogP contribution >= 0.6 is 0 Å². The number of unbranched alkanes of at least 4 members (excludes halogenated alkanes) is 16. The van der Waals surface area contributed by atoms with Crippen molar-refractivity contribution in [2.75, 3.05) is 79.6 Å². The number of hydrogen-bond acceptors (Lipinski definition) is 17. The summed E-state index contributed by atoms with van der Waals surface area (Å²) in [4.78, 5) is 90.4. The summed E-state index contributed by atoms with van der Waals surface area (Å²) in [5.74, 6) is -3.66. The van der Waals surface area contributed by atoms with Crippen LogP contribution in [0.2, 0.25) is 0 Å². The fourth-order valence-electron chi connectivity index (χ4n) is 7.63. The van der Waals surface area contributed by atoms with Crippen LogP contribution in [-0.4, -0.2) is 132 Å². The third-order valence-electron chi connectivity index (χ3n) is 12.4. The van der Waals surface area contributed by atoms with Gasteiger partial charge in [0.25, 0.3) is 0 Å². The molecule has 0 heterocycles. The van der Waals surface area contributed by atoms with Crippen molar-refractivity contribution in [1.82, 2.24) is 4.90 Å². The molecule has 0 rings (SSSR count). The van der Waals surface area contributed by atoms with Gasteiger partial charge in [0.1, 0.15) is 26.4 Å². The minimum Gasteiger partial charge on any atom is -0.465 e. The predicted octanol–water partition coefficient (Wildman–Crippen LogP) is 11.0. The Morgan fingerprint density at radius 2 is 0.616 bits per heavy atom. The lowest BCUT2D eigenvalue weighted by Crippen LogP contribution is -2.29. The van der Waals surface area contributed by atoms with Gasteiger partial charge < -0.3 is 47.9 Å². The molecule has 0 fully saturated rings. The molecule has 0 saturated heterocycles. The number of nitrogens with zero attached hydrogens (tertiary/aromatic N) is 1. The van der Waals surface area contributed by atoms with E-state index in [9.17, 15) is 33.6 Å². The zero-order valence-electron chi connectivity index (χ0n) is 46.2. The van der Waals surface area contributed by atoms with Gasteiger partial charge in [0.15, 0.2) is 0 Å². The third kappa shape index (κ3) is 46.3. The average Bonchev–Trinajstić information content (AvgIpc) is 3.37. The van der Waals surface area contributed by atoms with E-state index in [4.69, 9.17) is 43.0 Å². The number of carbonyl (C=O) groups excluding carboxylic acids is 7. The Kier molecular flexibility index (Phi) is 47.4. The van der Waals surface area contributed by atoms with Crippen LogP contribution in [0.4, 0.5) is 4.79 Å². The topological polar surface area (TPSA) is 217 Å². The number of rotatable bonds is 51. The number of aliphatic hydroxyl groups excluding tert-OH is 1. The Bertz CT molecular complexity index is 1270. The average molecular weight is 1040 g/mol. The summed E-state index contributed by atoms with van der Waals surface area (Å²) >= 11 is 0. The van der Waals surface area contributed by atoms with Gasteiger partial charge in [-0.25, -0.2) is 4.79 Å². The van der Waals surface area contributed by atoms with E-state index in [2.05, 4.69) is 27.7 Å². The van der Waals surface area contributed by atoms with Gasteiger partial charge in [0.05, 0.1) is 39.0 Å². The molecule has 0 aromatic heterocycles. The molecule has 0 radical (unpaired) electrons. The van der Waals surface area contributed by atoms with Crippen molar-refractivity contribution in [1.29, 1.82) is 0 Å². The molecule has 17 nitrogen and oxygen atoms in total. The second kappa shape index (κ2) is 50.2. The van der Waals surface area contributed by atoms with Crippen molar-refractivity contribution in [3.63, 3.8) is 0 Å². The van der Waals surface area contributed by atoms with Gasteiger partial charge in [-0.3, -0.25) is 28.8 Å². The smallest absolute Gasteiger partial charge is 0.465 e. The Hall–Kier alpha value is -3.99. The molecule has 17 heteroatoms. The number of aliphatic hydroxyl groups is 1. The van der Waals surface area contributed by atoms with E-state index in [0.717, 1.165) is 128 Å². The highest BCUT2D eigenvalue weighted by molar-refractivity contribution is 5.71. The first-order chi connectivity index (χ1) is 35.4. The van der Waals surface area contributed by atoms with Crippen LogP contribution in [0.25, 0.3) is 0 Å². The second-order valence-corrected chi connectivity index (χ2v) is 19.6. The van der Waals surface area contributed by atoms with Gasteiger partial charge in [-0.05, 0) is 58.4 Å². The lowest BCUT2D eigenvalue weighted by Gasteiger charge is -2.19. The quantitative estimate of drug-likeness (QED) is 0.0340. The molecule has 1 N–H and O–H groups in total. The molecule has 426 valence electrons. The van der Waals surface area contributed by atoms with Gasteiger partial charge in [0.2, 0.25) is 0 Å². The maximum Gasteiger partial charge on any atom is 0.508 e. The van der Waals surface area contributed by atoms with E-state index in [1.807, 2.05) is 0 Å². The molecule has 0 aromatic rings. The SMILES string of the molecule is CCCCCCCC(=O)OCC(CCCC(=O)OCC(COC(=O)CCCC(COC(=O)CCCCCCC)COC(=O)CCCCCCC)COC(=O)OCCN(C)CCO)COC(=O)CCCCCCC. The van der Waals surface area contributed by atoms with Crippen molar-refractivity contribution in [2.45, 2.75) is 220 Å².